The zero-order valence-corrected chi connectivity index (χ0v) is 9.95. The number of rotatable bonds is 4. The van der Waals surface area contributed by atoms with Crippen LogP contribution in [0.3, 0.4) is 0 Å². The molecule has 1 unspecified atom stereocenters. The standard InChI is InChI=1S/C11H18N2S/c1-7(10-4-5-10)12-6-11-8(2)14-9(3)13-11/h7,10,12H,4-6H2,1-3H3. The average Bonchev–Trinajstić information content (AvgIpc) is 2.90. The first-order valence-corrected chi connectivity index (χ1v) is 6.14. The van der Waals surface area contributed by atoms with Gasteiger partial charge in [-0.05, 0) is 39.5 Å². The first-order valence-electron chi connectivity index (χ1n) is 5.33. The minimum absolute atomic E-state index is 0.663. The third-order valence-corrected chi connectivity index (χ3v) is 3.85. The van der Waals surface area contributed by atoms with E-state index in [0.717, 1.165) is 12.5 Å². The molecule has 14 heavy (non-hydrogen) atoms. The van der Waals surface area contributed by atoms with E-state index in [-0.39, 0.29) is 0 Å². The molecule has 0 radical (unpaired) electrons. The summed E-state index contributed by atoms with van der Waals surface area (Å²) in [6.07, 6.45) is 2.81. The van der Waals surface area contributed by atoms with Gasteiger partial charge in [-0.25, -0.2) is 4.98 Å². The highest BCUT2D eigenvalue weighted by Crippen LogP contribution is 2.32. The van der Waals surface area contributed by atoms with Gasteiger partial charge in [-0.15, -0.1) is 11.3 Å². The highest BCUT2D eigenvalue weighted by atomic mass is 32.1. The van der Waals surface area contributed by atoms with Crippen LogP contribution in [0.25, 0.3) is 0 Å². The summed E-state index contributed by atoms with van der Waals surface area (Å²) in [5.41, 5.74) is 1.24. The molecule has 1 atom stereocenters. The van der Waals surface area contributed by atoms with Gasteiger partial charge in [0.15, 0.2) is 0 Å². The Balaban J connectivity index is 1.87. The fourth-order valence-corrected chi connectivity index (χ4v) is 2.59. The average molecular weight is 210 g/mol. The molecule has 1 aromatic heterocycles. The van der Waals surface area contributed by atoms with E-state index in [1.54, 1.807) is 11.3 Å². The Morgan fingerprint density at radius 1 is 1.50 bits per heavy atom. The van der Waals surface area contributed by atoms with Gasteiger partial charge in [0.2, 0.25) is 0 Å². The van der Waals surface area contributed by atoms with Gasteiger partial charge in [0.25, 0.3) is 0 Å². The van der Waals surface area contributed by atoms with Gasteiger partial charge in [-0.2, -0.15) is 0 Å². The van der Waals surface area contributed by atoms with Crippen LogP contribution in [0.4, 0.5) is 0 Å². The van der Waals surface area contributed by atoms with Crippen molar-refractivity contribution in [2.75, 3.05) is 0 Å². The topological polar surface area (TPSA) is 24.9 Å². The fraction of sp³-hybridized carbons (Fsp3) is 0.727. The summed E-state index contributed by atoms with van der Waals surface area (Å²) in [4.78, 5) is 5.88. The first-order chi connectivity index (χ1) is 6.66. The van der Waals surface area contributed by atoms with Crippen LogP contribution in [0.1, 0.15) is 35.3 Å². The summed E-state index contributed by atoms with van der Waals surface area (Å²) in [6.45, 7) is 7.45. The molecule has 3 heteroatoms. The zero-order valence-electron chi connectivity index (χ0n) is 9.13. The van der Waals surface area contributed by atoms with E-state index >= 15 is 0 Å². The van der Waals surface area contributed by atoms with E-state index < -0.39 is 0 Å². The third-order valence-electron chi connectivity index (χ3n) is 2.92. The summed E-state index contributed by atoms with van der Waals surface area (Å²) >= 11 is 1.79. The van der Waals surface area contributed by atoms with Crippen molar-refractivity contribution in [3.63, 3.8) is 0 Å². The second kappa shape index (κ2) is 3.99. The van der Waals surface area contributed by atoms with Gasteiger partial charge in [0.1, 0.15) is 0 Å². The Hall–Kier alpha value is -0.410. The summed E-state index contributed by atoms with van der Waals surface area (Å²) in [5, 5.41) is 4.74. The van der Waals surface area contributed by atoms with Gasteiger partial charge < -0.3 is 5.32 Å². The number of hydrogen-bond acceptors (Lipinski definition) is 3. The van der Waals surface area contributed by atoms with Crippen molar-refractivity contribution in [1.29, 1.82) is 0 Å². The number of hydrogen-bond donors (Lipinski definition) is 1. The zero-order chi connectivity index (χ0) is 10.1. The van der Waals surface area contributed by atoms with E-state index in [4.69, 9.17) is 0 Å². The van der Waals surface area contributed by atoms with Gasteiger partial charge >= 0.3 is 0 Å². The summed E-state index contributed by atoms with van der Waals surface area (Å²) < 4.78 is 0. The van der Waals surface area contributed by atoms with Crippen molar-refractivity contribution in [2.24, 2.45) is 5.92 Å². The molecule has 0 aromatic carbocycles. The second-order valence-electron chi connectivity index (χ2n) is 4.24. The van der Waals surface area contributed by atoms with E-state index in [1.165, 1.54) is 28.4 Å². The Morgan fingerprint density at radius 2 is 2.21 bits per heavy atom. The SMILES string of the molecule is Cc1nc(CNC(C)C2CC2)c(C)s1. The molecular weight excluding hydrogens is 192 g/mol. The van der Waals surface area contributed by atoms with E-state index in [0.29, 0.717) is 6.04 Å². The molecule has 78 valence electrons. The maximum Gasteiger partial charge on any atom is 0.0900 e. The van der Waals surface area contributed by atoms with Crippen LogP contribution in [-0.4, -0.2) is 11.0 Å². The number of nitrogens with zero attached hydrogens (tertiary/aromatic N) is 1. The number of aromatic nitrogens is 1. The summed E-state index contributed by atoms with van der Waals surface area (Å²) in [5.74, 6) is 0.926. The molecule has 1 aromatic rings. The minimum Gasteiger partial charge on any atom is -0.308 e. The fourth-order valence-electron chi connectivity index (χ4n) is 1.76. The van der Waals surface area contributed by atoms with Gasteiger partial charge in [0, 0.05) is 17.5 Å². The third kappa shape index (κ3) is 2.34. The smallest absolute Gasteiger partial charge is 0.0900 e. The van der Waals surface area contributed by atoms with E-state index in [1.807, 2.05) is 0 Å². The molecule has 0 aliphatic heterocycles. The van der Waals surface area contributed by atoms with Crippen molar-refractivity contribution < 1.29 is 0 Å². The van der Waals surface area contributed by atoms with Gasteiger partial charge in [-0.1, -0.05) is 0 Å². The van der Waals surface area contributed by atoms with E-state index in [9.17, 15) is 0 Å². The van der Waals surface area contributed by atoms with Gasteiger partial charge in [0.05, 0.1) is 10.7 Å². The van der Waals surface area contributed by atoms with Crippen LogP contribution in [0.5, 0.6) is 0 Å². The lowest BCUT2D eigenvalue weighted by atomic mass is 10.2. The first kappa shape index (κ1) is 10.1. The Bertz CT molecular complexity index is 315. The summed E-state index contributed by atoms with van der Waals surface area (Å²) in [7, 11) is 0. The van der Waals surface area contributed by atoms with Crippen LogP contribution in [0, 0.1) is 19.8 Å². The van der Waals surface area contributed by atoms with Gasteiger partial charge in [-0.3, -0.25) is 0 Å². The molecule has 1 fully saturated rings. The monoisotopic (exact) mass is 210 g/mol. The van der Waals surface area contributed by atoms with Crippen molar-refractivity contribution >= 4 is 11.3 Å². The molecule has 0 amide bonds. The molecule has 1 saturated carbocycles. The van der Waals surface area contributed by atoms with E-state index in [2.05, 4.69) is 31.1 Å². The van der Waals surface area contributed by atoms with Crippen LogP contribution in [0.15, 0.2) is 0 Å². The quantitative estimate of drug-likeness (QED) is 0.826. The predicted molar refractivity (Wildman–Crippen MR) is 60.6 cm³/mol. The number of nitrogens with one attached hydrogen (secondary N) is 1. The second-order valence-corrected chi connectivity index (χ2v) is 5.65. The number of aryl methyl sites for hydroxylation is 2. The van der Waals surface area contributed by atoms with Crippen LogP contribution in [0.2, 0.25) is 0 Å². The molecule has 0 spiro atoms. The Labute approximate surface area is 89.8 Å². The van der Waals surface area contributed by atoms with Crippen LogP contribution in [-0.2, 0) is 6.54 Å². The minimum atomic E-state index is 0.663. The largest absolute Gasteiger partial charge is 0.308 e. The van der Waals surface area contributed by atoms with Crippen molar-refractivity contribution in [1.82, 2.24) is 10.3 Å². The lowest BCUT2D eigenvalue weighted by Gasteiger charge is -2.11. The Kier molecular flexibility index (Phi) is 2.88. The number of thiazole rings is 1. The normalized spacial score (nSPS) is 18.5. The molecule has 0 saturated heterocycles. The predicted octanol–water partition coefficient (Wildman–Crippen LogP) is 2.65. The van der Waals surface area contributed by atoms with Crippen molar-refractivity contribution in [3.8, 4) is 0 Å². The molecule has 2 nitrogen and oxygen atoms in total. The molecule has 1 N–H and O–H groups in total. The molecular formula is C11H18N2S. The van der Waals surface area contributed by atoms with Crippen molar-refractivity contribution in [3.05, 3.63) is 15.6 Å². The molecule has 1 heterocycles. The van der Waals surface area contributed by atoms with Crippen molar-refractivity contribution in [2.45, 2.75) is 46.2 Å². The lowest BCUT2D eigenvalue weighted by molar-refractivity contribution is 0.492. The highest BCUT2D eigenvalue weighted by Gasteiger charge is 2.27. The summed E-state index contributed by atoms with van der Waals surface area (Å²) in [6, 6.07) is 0.663. The molecule has 0 bridgehead atoms. The molecule has 1 aliphatic carbocycles. The Morgan fingerprint density at radius 3 is 2.71 bits per heavy atom. The van der Waals surface area contributed by atoms with Crippen LogP contribution >= 0.6 is 11.3 Å². The highest BCUT2D eigenvalue weighted by molar-refractivity contribution is 7.11. The maximum atomic E-state index is 4.52. The lowest BCUT2D eigenvalue weighted by Crippen LogP contribution is -2.27. The van der Waals surface area contributed by atoms with Crippen LogP contribution < -0.4 is 5.32 Å². The maximum absolute atomic E-state index is 4.52. The molecule has 2 rings (SSSR count). The molecule has 1 aliphatic rings.